The van der Waals surface area contributed by atoms with Crippen molar-refractivity contribution in [2.24, 2.45) is 0 Å². The van der Waals surface area contributed by atoms with Crippen LogP contribution in [0.1, 0.15) is 31.7 Å². The summed E-state index contributed by atoms with van der Waals surface area (Å²) >= 11 is 0. The molecule has 18 heavy (non-hydrogen) atoms. The highest BCUT2D eigenvalue weighted by atomic mass is 16.4. The monoisotopic (exact) mass is 253 g/mol. The predicted octanol–water partition coefficient (Wildman–Crippen LogP) is 0.383. The number of likely N-dealkylation sites (tertiary alicyclic amines) is 1. The molecule has 1 aliphatic rings. The third kappa shape index (κ3) is 2.79. The van der Waals surface area contributed by atoms with Gasteiger partial charge < -0.3 is 20.0 Å². The first-order valence-corrected chi connectivity index (χ1v) is 6.11. The van der Waals surface area contributed by atoms with E-state index in [4.69, 9.17) is 4.42 Å². The van der Waals surface area contributed by atoms with Gasteiger partial charge in [-0.1, -0.05) is 5.10 Å². The van der Waals surface area contributed by atoms with E-state index in [0.717, 1.165) is 6.42 Å². The van der Waals surface area contributed by atoms with Crippen molar-refractivity contribution in [3.63, 3.8) is 0 Å². The van der Waals surface area contributed by atoms with Gasteiger partial charge in [-0.15, -0.1) is 5.10 Å². The summed E-state index contributed by atoms with van der Waals surface area (Å²) in [5.74, 6) is 0.739. The number of hydrogen-bond donors (Lipinski definition) is 2. The number of carbonyl (C=O) groups excluding carboxylic acids is 1. The highest BCUT2D eigenvalue weighted by Gasteiger charge is 2.24. The van der Waals surface area contributed by atoms with Gasteiger partial charge in [0.15, 0.2) is 0 Å². The number of anilines is 1. The molecule has 100 valence electrons. The van der Waals surface area contributed by atoms with Crippen LogP contribution in [0.3, 0.4) is 0 Å². The van der Waals surface area contributed by atoms with Gasteiger partial charge in [-0.25, -0.2) is 0 Å². The fourth-order valence-corrected chi connectivity index (χ4v) is 1.90. The minimum Gasteiger partial charge on any atom is -0.406 e. The summed E-state index contributed by atoms with van der Waals surface area (Å²) in [4.78, 5) is 13.1. The average molecular weight is 253 g/mol. The first-order chi connectivity index (χ1) is 8.60. The molecule has 2 heterocycles. The molecule has 1 aliphatic heterocycles. The van der Waals surface area contributed by atoms with Crippen molar-refractivity contribution in [1.29, 1.82) is 0 Å². The highest BCUT2D eigenvalue weighted by molar-refractivity contribution is 5.76. The van der Waals surface area contributed by atoms with Gasteiger partial charge in [0.25, 0.3) is 0 Å². The van der Waals surface area contributed by atoms with Gasteiger partial charge in [0, 0.05) is 26.1 Å². The Hall–Kier alpha value is -1.63. The standard InChI is InChI=1S/C11H19N5O2/c1-7(12-2)10-14-15-11(18-10)13-8-4-5-9(17)16(3)6-8/h7-8,12H,4-6H2,1-3H3,(H,13,15). The van der Waals surface area contributed by atoms with Crippen molar-refractivity contribution in [3.8, 4) is 0 Å². The van der Waals surface area contributed by atoms with E-state index < -0.39 is 0 Å². The predicted molar refractivity (Wildman–Crippen MR) is 66.1 cm³/mol. The third-order valence-corrected chi connectivity index (χ3v) is 3.20. The lowest BCUT2D eigenvalue weighted by Gasteiger charge is -2.29. The SMILES string of the molecule is CNC(C)c1nnc(NC2CCC(=O)N(C)C2)o1. The summed E-state index contributed by atoms with van der Waals surface area (Å²) in [5.41, 5.74) is 0. The fourth-order valence-electron chi connectivity index (χ4n) is 1.90. The van der Waals surface area contributed by atoms with E-state index in [0.29, 0.717) is 24.9 Å². The molecule has 0 saturated carbocycles. The van der Waals surface area contributed by atoms with E-state index in [1.807, 2.05) is 14.0 Å². The summed E-state index contributed by atoms with van der Waals surface area (Å²) in [5, 5.41) is 14.1. The normalized spacial score (nSPS) is 22.1. The van der Waals surface area contributed by atoms with Crippen LogP contribution in [0, 0.1) is 0 Å². The van der Waals surface area contributed by atoms with Crippen LogP contribution >= 0.6 is 0 Å². The lowest BCUT2D eigenvalue weighted by molar-refractivity contribution is -0.132. The van der Waals surface area contributed by atoms with Crippen LogP contribution in [0.5, 0.6) is 0 Å². The Labute approximate surface area is 106 Å². The molecule has 7 nitrogen and oxygen atoms in total. The maximum Gasteiger partial charge on any atom is 0.315 e. The van der Waals surface area contributed by atoms with Gasteiger partial charge in [-0.05, 0) is 20.4 Å². The van der Waals surface area contributed by atoms with E-state index >= 15 is 0 Å². The minimum atomic E-state index is 0.0312. The Morgan fingerprint density at radius 1 is 1.50 bits per heavy atom. The highest BCUT2D eigenvalue weighted by Crippen LogP contribution is 2.17. The smallest absolute Gasteiger partial charge is 0.315 e. The van der Waals surface area contributed by atoms with E-state index in [1.165, 1.54) is 0 Å². The molecule has 0 spiro atoms. The molecule has 2 atom stereocenters. The summed E-state index contributed by atoms with van der Waals surface area (Å²) in [6.07, 6.45) is 1.35. The zero-order chi connectivity index (χ0) is 13.1. The minimum absolute atomic E-state index is 0.0312. The van der Waals surface area contributed by atoms with Crippen LogP contribution in [0.25, 0.3) is 0 Å². The van der Waals surface area contributed by atoms with Crippen molar-refractivity contribution in [3.05, 3.63) is 5.89 Å². The summed E-state index contributed by atoms with van der Waals surface area (Å²) in [6, 6.07) is 0.620. The van der Waals surface area contributed by atoms with Crippen molar-refractivity contribution in [1.82, 2.24) is 20.4 Å². The van der Waals surface area contributed by atoms with Crippen LogP contribution in [0.15, 0.2) is 4.42 Å². The van der Waals surface area contributed by atoms with Gasteiger partial charge in [-0.3, -0.25) is 4.79 Å². The molecule has 0 aliphatic carbocycles. The molecule has 2 rings (SSSR count). The van der Waals surface area contributed by atoms with E-state index in [9.17, 15) is 4.79 Å². The van der Waals surface area contributed by atoms with Crippen LogP contribution < -0.4 is 10.6 Å². The van der Waals surface area contributed by atoms with Crippen molar-refractivity contribution in [2.75, 3.05) is 26.0 Å². The molecule has 1 saturated heterocycles. The Bertz CT molecular complexity index is 419. The average Bonchev–Trinajstić information content (AvgIpc) is 2.81. The molecule has 1 fully saturated rings. The second kappa shape index (κ2) is 5.34. The Balaban J connectivity index is 1.93. The van der Waals surface area contributed by atoms with Crippen LogP contribution in [-0.2, 0) is 4.79 Å². The molecule has 1 aromatic heterocycles. The second-order valence-corrected chi connectivity index (χ2v) is 4.61. The number of amides is 1. The van der Waals surface area contributed by atoms with Gasteiger partial charge in [0.05, 0.1) is 6.04 Å². The molecule has 1 aromatic rings. The molecule has 7 heteroatoms. The van der Waals surface area contributed by atoms with Crippen LogP contribution in [0.4, 0.5) is 6.01 Å². The molecular formula is C11H19N5O2. The number of nitrogens with one attached hydrogen (secondary N) is 2. The fraction of sp³-hybridized carbons (Fsp3) is 0.727. The first kappa shape index (κ1) is 12.8. The topological polar surface area (TPSA) is 83.3 Å². The number of rotatable bonds is 4. The summed E-state index contributed by atoms with van der Waals surface area (Å²) < 4.78 is 5.50. The van der Waals surface area contributed by atoms with Gasteiger partial charge in [0.1, 0.15) is 0 Å². The zero-order valence-electron chi connectivity index (χ0n) is 10.9. The van der Waals surface area contributed by atoms with Gasteiger partial charge >= 0.3 is 6.01 Å². The Morgan fingerprint density at radius 3 is 2.94 bits per heavy atom. The van der Waals surface area contributed by atoms with Crippen LogP contribution in [0.2, 0.25) is 0 Å². The summed E-state index contributed by atoms with van der Waals surface area (Å²) in [6.45, 7) is 2.61. The Kier molecular flexibility index (Phi) is 3.81. The second-order valence-electron chi connectivity index (χ2n) is 4.61. The van der Waals surface area contributed by atoms with Crippen LogP contribution in [-0.4, -0.2) is 47.7 Å². The van der Waals surface area contributed by atoms with E-state index in [2.05, 4.69) is 20.8 Å². The quantitative estimate of drug-likeness (QED) is 0.807. The number of hydrogen-bond acceptors (Lipinski definition) is 6. The van der Waals surface area contributed by atoms with Gasteiger partial charge in [-0.2, -0.15) is 0 Å². The number of aromatic nitrogens is 2. The molecule has 2 unspecified atom stereocenters. The van der Waals surface area contributed by atoms with Crippen molar-refractivity contribution < 1.29 is 9.21 Å². The largest absolute Gasteiger partial charge is 0.406 e. The van der Waals surface area contributed by atoms with Gasteiger partial charge in [0.2, 0.25) is 11.8 Å². The maximum absolute atomic E-state index is 11.4. The lowest BCUT2D eigenvalue weighted by atomic mass is 10.1. The summed E-state index contributed by atoms with van der Waals surface area (Å²) in [7, 11) is 3.64. The molecule has 0 aromatic carbocycles. The van der Waals surface area contributed by atoms with E-state index in [-0.39, 0.29) is 18.0 Å². The van der Waals surface area contributed by atoms with Crippen molar-refractivity contribution >= 4 is 11.9 Å². The van der Waals surface area contributed by atoms with E-state index in [1.54, 1.807) is 11.9 Å². The molecule has 2 N–H and O–H groups in total. The number of nitrogens with zero attached hydrogens (tertiary/aromatic N) is 3. The lowest BCUT2D eigenvalue weighted by Crippen LogP contribution is -2.43. The number of carbonyl (C=O) groups is 1. The molecule has 0 bridgehead atoms. The Morgan fingerprint density at radius 2 is 2.28 bits per heavy atom. The number of likely N-dealkylation sites (N-methyl/N-ethyl adjacent to an activating group) is 1. The first-order valence-electron chi connectivity index (χ1n) is 6.11. The molecule has 1 amide bonds. The zero-order valence-corrected chi connectivity index (χ0v) is 10.9. The molecular weight excluding hydrogens is 234 g/mol. The third-order valence-electron chi connectivity index (χ3n) is 3.20. The number of piperidine rings is 1. The molecule has 0 radical (unpaired) electrons. The van der Waals surface area contributed by atoms with Crippen molar-refractivity contribution in [2.45, 2.75) is 31.8 Å². The maximum atomic E-state index is 11.4.